The topological polar surface area (TPSA) is 271 Å². The van der Waals surface area contributed by atoms with Crippen molar-refractivity contribution in [1.29, 1.82) is 5.41 Å². The van der Waals surface area contributed by atoms with Crippen LogP contribution in [0.1, 0.15) is 76.4 Å². The molecule has 2 aromatic rings. The van der Waals surface area contributed by atoms with Crippen LogP contribution < -0.4 is 22.0 Å². The van der Waals surface area contributed by atoms with Crippen LogP contribution in [0, 0.1) is 5.41 Å². The molecule has 0 unspecified atom stereocenters. The second-order valence-electron chi connectivity index (χ2n) is 14.8. The molecule has 2 aliphatic rings. The first-order valence-electron chi connectivity index (χ1n) is 22.9. The van der Waals surface area contributed by atoms with Gasteiger partial charge in [-0.3, -0.25) is 24.6 Å². The zero-order valence-corrected chi connectivity index (χ0v) is 40.4. The number of H-pyrrole nitrogens is 1. The van der Waals surface area contributed by atoms with Crippen molar-refractivity contribution in [2.45, 2.75) is 73.5 Å². The number of piperazine rings is 1. The number of ether oxygens (including phenoxy) is 8. The molecule has 3 heterocycles. The van der Waals surface area contributed by atoms with Gasteiger partial charge in [0.15, 0.2) is 0 Å². The van der Waals surface area contributed by atoms with Crippen LogP contribution in [0.2, 0.25) is 0 Å². The van der Waals surface area contributed by atoms with E-state index in [1.54, 1.807) is 23.4 Å². The lowest BCUT2D eigenvalue weighted by atomic mass is 10.0. The predicted octanol–water partition coefficient (Wildman–Crippen LogP) is 1.23. The number of carbonyl (C=O) groups excluding carboxylic acids is 4. The average molecular weight is 946 g/mol. The molecule has 0 spiro atoms. The summed E-state index contributed by atoms with van der Waals surface area (Å²) in [5.74, 6) is -0.477. The lowest BCUT2D eigenvalue weighted by molar-refractivity contribution is -0.134. The third-order valence-electron chi connectivity index (χ3n) is 9.72. The van der Waals surface area contributed by atoms with Crippen molar-refractivity contribution < 1.29 is 57.1 Å². The molecule has 0 radical (unpaired) electrons. The van der Waals surface area contributed by atoms with E-state index in [1.165, 1.54) is 18.2 Å². The number of nitrogens with zero attached hydrogens (tertiary/aromatic N) is 5. The van der Waals surface area contributed by atoms with Crippen molar-refractivity contribution in [3.63, 3.8) is 0 Å². The predicted molar refractivity (Wildman–Crippen MR) is 251 cm³/mol. The molecule has 0 bridgehead atoms. The van der Waals surface area contributed by atoms with E-state index in [0.717, 1.165) is 24.1 Å². The maximum absolute atomic E-state index is 13.1. The monoisotopic (exact) mass is 946 g/mol. The zero-order valence-electron chi connectivity index (χ0n) is 40.4. The minimum Gasteiger partial charge on any atom is -0.500 e. The molecule has 6 N–H and O–H groups in total. The SMILES string of the molecule is CC.CC(=O)CCOCCOCCOCc1cn(CCOCCOCCOCCOCC(=N)N)nn1.CC/C(OC)=c1/c(C(=O)C(=O)N2CCN(C(=O)C3=CC=CCC3)CC2)c[nH]/c1=C(/C)N. The van der Waals surface area contributed by atoms with Crippen LogP contribution in [-0.2, 0) is 65.4 Å². The number of methoxy groups -OCH3 is 1. The maximum Gasteiger partial charge on any atom is 0.295 e. The van der Waals surface area contributed by atoms with E-state index < -0.39 is 11.7 Å². The summed E-state index contributed by atoms with van der Waals surface area (Å²) in [4.78, 5) is 55.7. The Kier molecular flexibility index (Phi) is 30.2. The number of hydrogen-bond donors (Lipinski definition) is 4. The highest BCUT2D eigenvalue weighted by Gasteiger charge is 2.31. The third kappa shape index (κ3) is 22.8. The molecule has 67 heavy (non-hydrogen) atoms. The molecule has 2 amide bonds. The summed E-state index contributed by atoms with van der Waals surface area (Å²) in [5.41, 5.74) is 13.4. The van der Waals surface area contributed by atoms with E-state index in [9.17, 15) is 19.2 Å². The summed E-state index contributed by atoms with van der Waals surface area (Å²) < 4.78 is 44.7. The van der Waals surface area contributed by atoms with Crippen molar-refractivity contribution in [3.8, 4) is 0 Å². The minimum atomic E-state index is -0.610. The Morgan fingerprint density at radius 2 is 1.36 bits per heavy atom. The molecule has 1 aliphatic carbocycles. The first-order valence-corrected chi connectivity index (χ1v) is 22.9. The molecule has 21 nitrogen and oxygen atoms in total. The van der Waals surface area contributed by atoms with Gasteiger partial charge in [0.1, 0.15) is 29.7 Å². The van der Waals surface area contributed by atoms with Crippen LogP contribution in [0.5, 0.6) is 0 Å². The molecule has 0 atom stereocenters. The number of Topliss-reactive ketones (excluding diaryl/α,β-unsaturated/α-hetero) is 2. The number of aromatic nitrogens is 4. The standard InChI is InChI=1S/C23H30N4O4.C21H39N5O8.C2H6/c1-4-18(31-3)19-17(14-25-20(19)15(2)24)21(28)23(30)27-12-10-26(11-13-27)22(29)16-8-6-5-7-9-16;1-19(27)2-4-28-6-8-31-12-14-33-17-20-16-26(25-24-20)3-5-29-7-9-30-10-11-32-13-15-34-18-21(22)23;1-2/h5-6,8,14,25H,4,7,9-13,24H2,1-3H3;16H,2-15,17-18H2,1H3,(H3,22,23);1-2H3/b19-18+,20-15-;;. The second kappa shape index (κ2) is 34.9. The molecular weight excluding hydrogens is 871 g/mol. The fraction of sp³-hybridized carbons (Fsp3) is 0.630. The van der Waals surface area contributed by atoms with Crippen molar-refractivity contribution in [2.75, 3.05) is 119 Å². The van der Waals surface area contributed by atoms with Crippen molar-refractivity contribution in [1.82, 2.24) is 29.8 Å². The number of nitrogens with two attached hydrogens (primary N) is 2. The van der Waals surface area contributed by atoms with Crippen LogP contribution in [0.4, 0.5) is 0 Å². The highest BCUT2D eigenvalue weighted by molar-refractivity contribution is 6.42. The van der Waals surface area contributed by atoms with Crippen molar-refractivity contribution in [3.05, 3.63) is 58.0 Å². The molecule has 2 aromatic heterocycles. The lowest BCUT2D eigenvalue weighted by Crippen LogP contribution is -2.52. The highest BCUT2D eigenvalue weighted by Crippen LogP contribution is 2.16. The van der Waals surface area contributed by atoms with E-state index in [2.05, 4.69) is 15.3 Å². The molecular formula is C46H75N9O12. The van der Waals surface area contributed by atoms with E-state index in [0.29, 0.717) is 153 Å². The fourth-order valence-corrected chi connectivity index (χ4v) is 6.33. The number of aromatic amines is 1. The largest absolute Gasteiger partial charge is 0.500 e. The Morgan fingerprint density at radius 3 is 1.90 bits per heavy atom. The summed E-state index contributed by atoms with van der Waals surface area (Å²) in [5, 5.41) is 16.2. The Morgan fingerprint density at radius 1 is 0.791 bits per heavy atom. The van der Waals surface area contributed by atoms with Gasteiger partial charge in [0.25, 0.3) is 11.7 Å². The number of amidine groups is 1. The smallest absolute Gasteiger partial charge is 0.295 e. The molecule has 4 rings (SSSR count). The minimum absolute atomic E-state index is 0.000887. The van der Waals surface area contributed by atoms with Crippen LogP contribution in [0.3, 0.4) is 0 Å². The van der Waals surface area contributed by atoms with E-state index >= 15 is 0 Å². The van der Waals surface area contributed by atoms with Gasteiger partial charge in [-0.05, 0) is 26.7 Å². The maximum atomic E-state index is 13.1. The van der Waals surface area contributed by atoms with Crippen LogP contribution in [-0.4, -0.2) is 178 Å². The summed E-state index contributed by atoms with van der Waals surface area (Å²) in [6.45, 7) is 17.2. The van der Waals surface area contributed by atoms with Gasteiger partial charge in [0.05, 0.1) is 122 Å². The second-order valence-corrected chi connectivity index (χ2v) is 14.8. The van der Waals surface area contributed by atoms with Gasteiger partial charge < -0.3 is 64.1 Å². The van der Waals surface area contributed by atoms with Crippen molar-refractivity contribution in [2.24, 2.45) is 11.5 Å². The van der Waals surface area contributed by atoms with Gasteiger partial charge in [0, 0.05) is 56.5 Å². The molecule has 1 fully saturated rings. The summed E-state index contributed by atoms with van der Waals surface area (Å²) in [7, 11) is 1.53. The average Bonchev–Trinajstić information content (AvgIpc) is 3.99. The summed E-state index contributed by atoms with van der Waals surface area (Å²) >= 11 is 0. The molecule has 0 saturated carbocycles. The molecule has 0 aromatic carbocycles. The van der Waals surface area contributed by atoms with Gasteiger partial charge in [-0.25, -0.2) is 4.68 Å². The number of amides is 2. The number of carbonyl (C=O) groups is 4. The number of ketones is 2. The summed E-state index contributed by atoms with van der Waals surface area (Å²) in [6, 6.07) is 0. The Bertz CT molecular complexity index is 1960. The Balaban J connectivity index is 0.000000445. The lowest BCUT2D eigenvalue weighted by Gasteiger charge is -2.35. The third-order valence-corrected chi connectivity index (χ3v) is 9.72. The highest BCUT2D eigenvalue weighted by atomic mass is 16.6. The first-order chi connectivity index (χ1) is 32.5. The first kappa shape index (κ1) is 57.8. The van der Waals surface area contributed by atoms with Gasteiger partial charge in [-0.2, -0.15) is 0 Å². The van der Waals surface area contributed by atoms with Crippen molar-refractivity contribution >= 4 is 40.7 Å². The molecule has 1 saturated heterocycles. The number of rotatable bonds is 30. The number of nitrogens with one attached hydrogen (secondary N) is 2. The zero-order chi connectivity index (χ0) is 49.2. The molecule has 21 heteroatoms. The fourth-order valence-electron chi connectivity index (χ4n) is 6.33. The molecule has 1 aliphatic heterocycles. The Hall–Kier alpha value is -5.29. The van der Waals surface area contributed by atoms with Crippen LogP contribution in [0.25, 0.3) is 11.5 Å². The van der Waals surface area contributed by atoms with E-state index in [1.807, 2.05) is 45.2 Å². The normalized spacial score (nSPS) is 14.3. The van der Waals surface area contributed by atoms with Crippen LogP contribution in [0.15, 0.2) is 36.2 Å². The van der Waals surface area contributed by atoms with Gasteiger partial charge in [-0.1, -0.05) is 44.2 Å². The van der Waals surface area contributed by atoms with Gasteiger partial charge in [0.2, 0.25) is 5.91 Å². The number of allylic oxidation sites excluding steroid dienone is 3. The molecule has 376 valence electrons. The number of hydrogen-bond acceptors (Lipinski definition) is 16. The van der Waals surface area contributed by atoms with E-state index in [4.69, 9.17) is 54.8 Å². The quantitative estimate of drug-likeness (QED) is 0.0282. The van der Waals surface area contributed by atoms with Gasteiger partial charge in [-0.15, -0.1) is 5.10 Å². The Labute approximate surface area is 394 Å². The summed E-state index contributed by atoms with van der Waals surface area (Å²) in [6.07, 6.45) is 11.7. The van der Waals surface area contributed by atoms with Gasteiger partial charge >= 0.3 is 0 Å². The van der Waals surface area contributed by atoms with E-state index in [-0.39, 0.29) is 29.7 Å². The van der Waals surface area contributed by atoms with Crippen LogP contribution >= 0.6 is 0 Å².